The number of rotatable bonds is 8. The number of nitrogens with zero attached hydrogens (tertiary/aromatic N) is 1. The van der Waals surface area contributed by atoms with Gasteiger partial charge in [-0.15, -0.1) is 12.4 Å². The first-order valence-electron chi connectivity index (χ1n) is 8.19. The van der Waals surface area contributed by atoms with Crippen LogP contribution >= 0.6 is 12.4 Å². The van der Waals surface area contributed by atoms with Crippen LogP contribution in [0.3, 0.4) is 0 Å². The normalized spacial score (nSPS) is 16.0. The van der Waals surface area contributed by atoms with Gasteiger partial charge in [0.15, 0.2) is 11.5 Å². The van der Waals surface area contributed by atoms with E-state index in [1.54, 1.807) is 12.1 Å². The van der Waals surface area contributed by atoms with Crippen LogP contribution in [0.2, 0.25) is 0 Å². The zero-order valence-electron chi connectivity index (χ0n) is 14.3. The number of piperidine rings is 1. The number of alkyl halides is 2. The Bertz CT molecular complexity index is 484. The Morgan fingerprint density at radius 2 is 1.96 bits per heavy atom. The smallest absolute Gasteiger partial charge is 0.387 e. The number of hydrogen-bond donors (Lipinski definition) is 1. The third-order valence-electron chi connectivity index (χ3n) is 4.13. The highest BCUT2D eigenvalue weighted by molar-refractivity contribution is 5.85. The second-order valence-corrected chi connectivity index (χ2v) is 5.87. The molecule has 0 aliphatic carbocycles. The van der Waals surface area contributed by atoms with Gasteiger partial charge >= 0.3 is 6.61 Å². The van der Waals surface area contributed by atoms with Crippen LogP contribution in [-0.2, 0) is 6.54 Å². The van der Waals surface area contributed by atoms with Crippen molar-refractivity contribution in [2.24, 2.45) is 5.92 Å². The lowest BCUT2D eigenvalue weighted by Crippen LogP contribution is -2.36. The summed E-state index contributed by atoms with van der Waals surface area (Å²) in [7, 11) is 1.99. The molecule has 138 valence electrons. The first-order valence-corrected chi connectivity index (χ1v) is 8.19. The minimum absolute atomic E-state index is 0. The number of hydrogen-bond acceptors (Lipinski definition) is 4. The largest absolute Gasteiger partial charge is 0.490 e. The number of likely N-dealkylation sites (tertiary alicyclic amines) is 1. The summed E-state index contributed by atoms with van der Waals surface area (Å²) < 4.78 is 34.8. The van der Waals surface area contributed by atoms with Gasteiger partial charge in [0, 0.05) is 6.54 Å². The molecule has 1 aliphatic heterocycles. The Balaban J connectivity index is 0.00000288. The van der Waals surface area contributed by atoms with Crippen molar-refractivity contribution in [2.75, 3.05) is 33.3 Å². The highest BCUT2D eigenvalue weighted by Gasteiger charge is 2.19. The fourth-order valence-electron chi connectivity index (χ4n) is 3.01. The Kier molecular flexibility index (Phi) is 9.33. The minimum atomic E-state index is -2.84. The molecule has 1 aromatic carbocycles. The maximum Gasteiger partial charge on any atom is 0.387 e. The van der Waals surface area contributed by atoms with Gasteiger partial charge in [-0.2, -0.15) is 8.78 Å². The molecule has 2 rings (SSSR count). The van der Waals surface area contributed by atoms with Gasteiger partial charge in [-0.3, -0.25) is 4.90 Å². The van der Waals surface area contributed by atoms with E-state index in [0.717, 1.165) is 37.7 Å². The van der Waals surface area contributed by atoms with Crippen LogP contribution in [0.15, 0.2) is 18.2 Å². The molecule has 7 heteroatoms. The van der Waals surface area contributed by atoms with Gasteiger partial charge in [0.1, 0.15) is 0 Å². The summed E-state index contributed by atoms with van der Waals surface area (Å²) in [6, 6.07) is 5.21. The van der Waals surface area contributed by atoms with E-state index >= 15 is 0 Å². The third kappa shape index (κ3) is 6.42. The molecular formula is C17H27ClF2N2O2. The minimum Gasteiger partial charge on any atom is -0.490 e. The monoisotopic (exact) mass is 364 g/mol. The molecule has 1 aromatic rings. The zero-order chi connectivity index (χ0) is 16.7. The van der Waals surface area contributed by atoms with Crippen LogP contribution in [0.1, 0.15) is 25.3 Å². The van der Waals surface area contributed by atoms with Gasteiger partial charge in [0.05, 0.1) is 6.61 Å². The highest BCUT2D eigenvalue weighted by Crippen LogP contribution is 2.30. The third-order valence-corrected chi connectivity index (χ3v) is 4.13. The lowest BCUT2D eigenvalue weighted by molar-refractivity contribution is -0.0514. The van der Waals surface area contributed by atoms with E-state index in [4.69, 9.17) is 4.74 Å². The fraction of sp³-hybridized carbons (Fsp3) is 0.647. The molecule has 0 amide bonds. The Morgan fingerprint density at radius 3 is 2.54 bits per heavy atom. The average molecular weight is 365 g/mol. The predicted molar refractivity (Wildman–Crippen MR) is 93.4 cm³/mol. The van der Waals surface area contributed by atoms with E-state index in [9.17, 15) is 8.78 Å². The molecule has 0 bridgehead atoms. The Morgan fingerprint density at radius 1 is 1.25 bits per heavy atom. The molecule has 0 atom stereocenters. The molecule has 0 unspecified atom stereocenters. The molecule has 0 saturated carbocycles. The molecular weight excluding hydrogens is 338 g/mol. The summed E-state index contributed by atoms with van der Waals surface area (Å²) in [6.45, 7) is 3.40. The van der Waals surface area contributed by atoms with E-state index in [2.05, 4.69) is 15.0 Å². The number of ether oxygens (including phenoxy) is 2. The second kappa shape index (κ2) is 10.7. The quantitative estimate of drug-likeness (QED) is 0.765. The standard InChI is InChI=1S/C17H26F2N2O2.ClH/c1-3-22-16-10-14(4-5-15(16)23-17(18)19)12-21-8-6-13(7-9-21)11-20-2;/h4-5,10,13,17,20H,3,6-9,11-12H2,1-2H3;1H. The van der Waals surface area contributed by atoms with Crippen LogP contribution < -0.4 is 14.8 Å². The van der Waals surface area contributed by atoms with E-state index in [1.165, 1.54) is 12.8 Å². The highest BCUT2D eigenvalue weighted by atomic mass is 35.5. The van der Waals surface area contributed by atoms with Gasteiger partial charge in [0.2, 0.25) is 0 Å². The second-order valence-electron chi connectivity index (χ2n) is 5.87. The number of benzene rings is 1. The first kappa shape index (κ1) is 20.9. The van der Waals surface area contributed by atoms with Crippen molar-refractivity contribution in [1.82, 2.24) is 10.2 Å². The summed E-state index contributed by atoms with van der Waals surface area (Å²) in [5, 5.41) is 3.23. The lowest BCUT2D eigenvalue weighted by Gasteiger charge is -2.32. The van der Waals surface area contributed by atoms with Gasteiger partial charge in [-0.05, 0) is 70.1 Å². The summed E-state index contributed by atoms with van der Waals surface area (Å²) in [5.41, 5.74) is 1.06. The van der Waals surface area contributed by atoms with Gasteiger partial charge in [-0.25, -0.2) is 0 Å². The van der Waals surface area contributed by atoms with Gasteiger partial charge in [0.25, 0.3) is 0 Å². The molecule has 4 nitrogen and oxygen atoms in total. The molecule has 24 heavy (non-hydrogen) atoms. The molecule has 1 N–H and O–H groups in total. The van der Waals surface area contributed by atoms with Gasteiger partial charge in [-0.1, -0.05) is 6.07 Å². The van der Waals surface area contributed by atoms with E-state index in [-0.39, 0.29) is 18.2 Å². The van der Waals surface area contributed by atoms with Crippen LogP contribution in [0.4, 0.5) is 8.78 Å². The Labute approximate surface area is 148 Å². The Hall–Kier alpha value is -1.11. The van der Waals surface area contributed by atoms with Gasteiger partial charge < -0.3 is 14.8 Å². The molecule has 0 spiro atoms. The number of nitrogens with one attached hydrogen (secondary N) is 1. The maximum atomic E-state index is 12.4. The number of halogens is 3. The molecule has 1 saturated heterocycles. The van der Waals surface area contributed by atoms with Crippen molar-refractivity contribution in [3.8, 4) is 11.5 Å². The average Bonchev–Trinajstić information content (AvgIpc) is 2.52. The summed E-state index contributed by atoms with van der Waals surface area (Å²) in [4.78, 5) is 2.39. The molecule has 1 aliphatic rings. The van der Waals surface area contributed by atoms with E-state index in [0.29, 0.717) is 12.4 Å². The van der Waals surface area contributed by atoms with Crippen molar-refractivity contribution in [2.45, 2.75) is 32.9 Å². The molecule has 1 fully saturated rings. The fourth-order valence-corrected chi connectivity index (χ4v) is 3.01. The van der Waals surface area contributed by atoms with Crippen molar-refractivity contribution in [3.63, 3.8) is 0 Å². The van der Waals surface area contributed by atoms with E-state index < -0.39 is 6.61 Å². The zero-order valence-corrected chi connectivity index (χ0v) is 15.1. The lowest BCUT2D eigenvalue weighted by atomic mass is 9.96. The molecule has 0 radical (unpaired) electrons. The first-order chi connectivity index (χ1) is 11.1. The maximum absolute atomic E-state index is 12.4. The van der Waals surface area contributed by atoms with Crippen molar-refractivity contribution in [1.29, 1.82) is 0 Å². The van der Waals surface area contributed by atoms with Crippen LogP contribution in [-0.4, -0.2) is 44.8 Å². The van der Waals surface area contributed by atoms with Crippen LogP contribution in [0.5, 0.6) is 11.5 Å². The summed E-state index contributed by atoms with van der Waals surface area (Å²) in [6.07, 6.45) is 2.37. The molecule has 1 heterocycles. The summed E-state index contributed by atoms with van der Waals surface area (Å²) >= 11 is 0. The predicted octanol–water partition coefficient (Wildman–Crippen LogP) is 3.54. The summed E-state index contributed by atoms with van der Waals surface area (Å²) in [5.74, 6) is 1.23. The van der Waals surface area contributed by atoms with Crippen molar-refractivity contribution >= 4 is 12.4 Å². The van der Waals surface area contributed by atoms with Crippen molar-refractivity contribution in [3.05, 3.63) is 23.8 Å². The topological polar surface area (TPSA) is 33.7 Å². The van der Waals surface area contributed by atoms with Crippen LogP contribution in [0, 0.1) is 5.92 Å². The SMILES string of the molecule is CCOc1cc(CN2CCC(CNC)CC2)ccc1OC(F)F.Cl. The van der Waals surface area contributed by atoms with Crippen LogP contribution in [0.25, 0.3) is 0 Å². The van der Waals surface area contributed by atoms with Crippen molar-refractivity contribution < 1.29 is 18.3 Å². The van der Waals surface area contributed by atoms with E-state index in [1.807, 2.05) is 20.0 Å². The molecule has 0 aromatic heterocycles.